The van der Waals surface area contributed by atoms with Crippen molar-refractivity contribution in [3.63, 3.8) is 0 Å². The van der Waals surface area contributed by atoms with Gasteiger partial charge in [-0.15, -0.1) is 0 Å². The lowest BCUT2D eigenvalue weighted by Gasteiger charge is -2.33. The van der Waals surface area contributed by atoms with Gasteiger partial charge < -0.3 is 19.9 Å². The number of amides is 1. The van der Waals surface area contributed by atoms with Gasteiger partial charge in [-0.3, -0.25) is 4.79 Å². The monoisotopic (exact) mass is 467 g/mol. The number of fused-ring (bicyclic) bond motifs is 1. The van der Waals surface area contributed by atoms with Crippen LogP contribution in [0.1, 0.15) is 36.3 Å². The second-order valence-electron chi connectivity index (χ2n) is 9.51. The van der Waals surface area contributed by atoms with Crippen molar-refractivity contribution in [3.8, 4) is 5.88 Å². The fraction of sp³-hybridized carbons (Fsp3) is 0.300. The number of hydrogen-bond donors (Lipinski definition) is 2. The predicted molar refractivity (Wildman–Crippen MR) is 141 cm³/mol. The Morgan fingerprint density at radius 3 is 2.11 bits per heavy atom. The number of benzene rings is 3. The number of carbonyl (C=O) groups is 1. The summed E-state index contributed by atoms with van der Waals surface area (Å²) in [5.41, 5.74) is 2.73. The van der Waals surface area contributed by atoms with Gasteiger partial charge in [-0.05, 0) is 43.0 Å². The van der Waals surface area contributed by atoms with E-state index in [2.05, 4.69) is 70.9 Å². The van der Waals surface area contributed by atoms with E-state index in [-0.39, 0.29) is 24.4 Å². The van der Waals surface area contributed by atoms with Crippen LogP contribution in [0, 0.1) is 0 Å². The Hall–Kier alpha value is -3.57. The minimum atomic E-state index is -0.0488. The van der Waals surface area contributed by atoms with Gasteiger partial charge in [0, 0.05) is 42.0 Å². The van der Waals surface area contributed by atoms with Crippen LogP contribution >= 0.6 is 0 Å². The molecule has 0 saturated carbocycles. The van der Waals surface area contributed by atoms with Gasteiger partial charge in [-0.2, -0.15) is 0 Å². The number of likely N-dealkylation sites (tertiary alicyclic amines) is 1. The Morgan fingerprint density at radius 1 is 0.886 bits per heavy atom. The van der Waals surface area contributed by atoms with E-state index in [1.165, 1.54) is 11.1 Å². The van der Waals surface area contributed by atoms with E-state index in [0.717, 1.165) is 49.7 Å². The fourth-order valence-corrected chi connectivity index (χ4v) is 5.25. The molecule has 1 fully saturated rings. The summed E-state index contributed by atoms with van der Waals surface area (Å²) in [5.74, 6) is 0.490. The zero-order valence-electron chi connectivity index (χ0n) is 20.0. The molecule has 5 heteroatoms. The van der Waals surface area contributed by atoms with E-state index in [4.69, 9.17) is 0 Å². The first-order valence-corrected chi connectivity index (χ1v) is 12.6. The highest BCUT2D eigenvalue weighted by Gasteiger charge is 2.23. The molecule has 1 aromatic heterocycles. The van der Waals surface area contributed by atoms with Crippen LogP contribution in [0.2, 0.25) is 0 Å². The first-order chi connectivity index (χ1) is 17.2. The topological polar surface area (TPSA) is 57.5 Å². The molecule has 0 spiro atoms. The zero-order chi connectivity index (χ0) is 24.0. The van der Waals surface area contributed by atoms with E-state index in [9.17, 15) is 9.90 Å². The number of piperidine rings is 1. The number of carbonyl (C=O) groups excluding carboxylic acids is 1. The van der Waals surface area contributed by atoms with Crippen molar-refractivity contribution in [1.29, 1.82) is 0 Å². The van der Waals surface area contributed by atoms with Crippen LogP contribution in [-0.2, 0) is 11.3 Å². The van der Waals surface area contributed by atoms with Crippen molar-refractivity contribution in [2.24, 2.45) is 0 Å². The molecule has 1 aliphatic heterocycles. The minimum Gasteiger partial charge on any atom is -0.494 e. The third-order valence-corrected chi connectivity index (χ3v) is 7.17. The molecule has 0 radical (unpaired) electrons. The quantitative estimate of drug-likeness (QED) is 0.377. The highest BCUT2D eigenvalue weighted by atomic mass is 16.3. The summed E-state index contributed by atoms with van der Waals surface area (Å²) in [5, 5.41) is 15.3. The lowest BCUT2D eigenvalue weighted by molar-refractivity contribution is -0.122. The molecule has 5 nitrogen and oxygen atoms in total. The number of nitrogens with zero attached hydrogens (tertiary/aromatic N) is 2. The van der Waals surface area contributed by atoms with Crippen molar-refractivity contribution in [2.75, 3.05) is 19.6 Å². The summed E-state index contributed by atoms with van der Waals surface area (Å²) in [7, 11) is 0. The number of hydrogen-bond acceptors (Lipinski definition) is 3. The van der Waals surface area contributed by atoms with Crippen molar-refractivity contribution >= 4 is 16.7 Å². The molecule has 1 saturated heterocycles. The molecule has 4 aromatic rings. The predicted octanol–water partition coefficient (Wildman–Crippen LogP) is 5.15. The lowest BCUT2D eigenvalue weighted by atomic mass is 9.88. The maximum absolute atomic E-state index is 12.7. The molecule has 0 bridgehead atoms. The van der Waals surface area contributed by atoms with Crippen molar-refractivity contribution in [1.82, 2.24) is 14.8 Å². The molecule has 1 aliphatic rings. The summed E-state index contributed by atoms with van der Waals surface area (Å²) >= 11 is 0. The summed E-state index contributed by atoms with van der Waals surface area (Å²) in [6.07, 6.45) is 4.81. The van der Waals surface area contributed by atoms with Crippen LogP contribution in [0.5, 0.6) is 5.88 Å². The third kappa shape index (κ3) is 5.57. The molecular formula is C30H33N3O2. The van der Waals surface area contributed by atoms with Gasteiger partial charge in [0.05, 0.1) is 0 Å². The zero-order valence-corrected chi connectivity index (χ0v) is 20.0. The van der Waals surface area contributed by atoms with Crippen LogP contribution in [0.25, 0.3) is 10.8 Å². The van der Waals surface area contributed by atoms with E-state index in [1.54, 1.807) is 4.57 Å². The van der Waals surface area contributed by atoms with Crippen LogP contribution in [0.3, 0.4) is 0 Å². The number of aromatic nitrogens is 1. The number of nitrogens with one attached hydrogen (secondary N) is 1. The van der Waals surface area contributed by atoms with Gasteiger partial charge in [0.15, 0.2) is 5.88 Å². The van der Waals surface area contributed by atoms with E-state index in [1.807, 2.05) is 30.5 Å². The summed E-state index contributed by atoms with van der Waals surface area (Å²) in [6.45, 7) is 3.15. The molecular weight excluding hydrogens is 434 g/mol. The maximum atomic E-state index is 12.7. The van der Waals surface area contributed by atoms with E-state index >= 15 is 0 Å². The minimum absolute atomic E-state index is 0.0488. The van der Waals surface area contributed by atoms with Crippen LogP contribution in [0.15, 0.2) is 91.1 Å². The molecule has 2 heterocycles. The maximum Gasteiger partial charge on any atom is 0.240 e. The second kappa shape index (κ2) is 10.8. The molecule has 35 heavy (non-hydrogen) atoms. The standard InChI is InChI=1S/C30H33N3O2/c34-29(22-33-21-25-13-7-8-14-28(25)30(33)35)31-26-15-18-32(19-16-26)20-17-27(23-9-3-1-4-10-23)24-11-5-2-6-12-24/h1-14,21,26-27,35H,15-20,22H2,(H,31,34). The average molecular weight is 468 g/mol. The van der Waals surface area contributed by atoms with Gasteiger partial charge in [0.25, 0.3) is 0 Å². The number of rotatable bonds is 8. The Kier molecular flexibility index (Phi) is 7.15. The fourth-order valence-electron chi connectivity index (χ4n) is 5.25. The first-order valence-electron chi connectivity index (χ1n) is 12.6. The molecule has 2 N–H and O–H groups in total. The molecule has 0 atom stereocenters. The molecule has 180 valence electrons. The van der Waals surface area contributed by atoms with E-state index in [0.29, 0.717) is 5.92 Å². The van der Waals surface area contributed by atoms with Gasteiger partial charge >= 0.3 is 0 Å². The largest absolute Gasteiger partial charge is 0.494 e. The Labute approximate surface area is 207 Å². The summed E-state index contributed by atoms with van der Waals surface area (Å²) in [6, 6.07) is 29.4. The normalized spacial score (nSPS) is 15.0. The highest BCUT2D eigenvalue weighted by molar-refractivity contribution is 5.88. The van der Waals surface area contributed by atoms with Crippen LogP contribution in [0.4, 0.5) is 0 Å². The number of aromatic hydroxyl groups is 1. The van der Waals surface area contributed by atoms with Crippen LogP contribution in [-0.4, -0.2) is 46.2 Å². The summed E-state index contributed by atoms with van der Waals surface area (Å²) in [4.78, 5) is 15.2. The van der Waals surface area contributed by atoms with Gasteiger partial charge in [-0.25, -0.2) is 0 Å². The lowest BCUT2D eigenvalue weighted by Crippen LogP contribution is -2.45. The Bertz CT molecular complexity index is 1210. The highest BCUT2D eigenvalue weighted by Crippen LogP contribution is 2.29. The van der Waals surface area contributed by atoms with E-state index < -0.39 is 0 Å². The second-order valence-corrected chi connectivity index (χ2v) is 9.51. The average Bonchev–Trinajstić information content (AvgIpc) is 3.21. The van der Waals surface area contributed by atoms with Crippen molar-refractivity contribution in [2.45, 2.75) is 37.8 Å². The van der Waals surface area contributed by atoms with Crippen LogP contribution < -0.4 is 5.32 Å². The summed E-state index contributed by atoms with van der Waals surface area (Å²) < 4.78 is 1.63. The van der Waals surface area contributed by atoms with Gasteiger partial charge in [0.2, 0.25) is 5.91 Å². The van der Waals surface area contributed by atoms with Crippen molar-refractivity contribution in [3.05, 3.63) is 102 Å². The molecule has 0 aliphatic carbocycles. The molecule has 0 unspecified atom stereocenters. The Balaban J connectivity index is 1.12. The Morgan fingerprint density at radius 2 is 1.49 bits per heavy atom. The smallest absolute Gasteiger partial charge is 0.240 e. The SMILES string of the molecule is O=C(Cn1cc2ccccc2c1O)NC1CCN(CCC(c2ccccc2)c2ccccc2)CC1. The molecule has 5 rings (SSSR count). The molecule has 3 aromatic carbocycles. The van der Waals surface area contributed by atoms with Crippen molar-refractivity contribution < 1.29 is 9.90 Å². The first kappa shape index (κ1) is 23.2. The van der Waals surface area contributed by atoms with Gasteiger partial charge in [0.1, 0.15) is 6.54 Å². The third-order valence-electron chi connectivity index (χ3n) is 7.17. The molecule has 1 amide bonds. The van der Waals surface area contributed by atoms with Gasteiger partial charge in [-0.1, -0.05) is 78.9 Å².